The van der Waals surface area contributed by atoms with E-state index >= 15 is 4.39 Å². The van der Waals surface area contributed by atoms with Crippen molar-refractivity contribution < 1.29 is 13.6 Å². The first kappa shape index (κ1) is 33.4. The second-order valence-corrected chi connectivity index (χ2v) is 19.5. The normalized spacial score (nSPS) is 22.2. The van der Waals surface area contributed by atoms with E-state index in [-0.39, 0.29) is 33.3 Å². The molecule has 0 N–H and O–H groups in total. The number of rotatable bonds is 9. The van der Waals surface area contributed by atoms with Gasteiger partial charge < -0.3 is 14.1 Å². The van der Waals surface area contributed by atoms with E-state index in [0.29, 0.717) is 24.4 Å². The van der Waals surface area contributed by atoms with Crippen molar-refractivity contribution in [2.24, 2.45) is 0 Å². The third-order valence-corrected chi connectivity index (χ3v) is 16.2. The van der Waals surface area contributed by atoms with E-state index in [0.717, 1.165) is 58.2 Å². The van der Waals surface area contributed by atoms with Crippen molar-refractivity contribution in [3.63, 3.8) is 0 Å². The molecule has 0 unspecified atom stereocenters. The van der Waals surface area contributed by atoms with Gasteiger partial charge in [0.25, 0.3) is 8.32 Å². The maximum atomic E-state index is 15.3. The summed E-state index contributed by atoms with van der Waals surface area (Å²) in [7, 11) is -2.65. The van der Waals surface area contributed by atoms with Gasteiger partial charge in [0.2, 0.25) is 0 Å². The maximum Gasteiger partial charge on any atom is 0.319 e. The molecule has 7 rings (SSSR count). The molecule has 0 bridgehead atoms. The molecule has 0 aliphatic carbocycles. The van der Waals surface area contributed by atoms with Crippen molar-refractivity contribution in [3.05, 3.63) is 77.8 Å². The minimum Gasteiger partial charge on any atom is -0.461 e. The molecule has 2 atom stereocenters. The summed E-state index contributed by atoms with van der Waals surface area (Å²) in [5, 5.41) is 2.91. The van der Waals surface area contributed by atoms with Gasteiger partial charge in [0.05, 0.1) is 17.5 Å². The van der Waals surface area contributed by atoms with E-state index in [4.69, 9.17) is 25.7 Å². The molecule has 3 aliphatic heterocycles. The van der Waals surface area contributed by atoms with Crippen LogP contribution >= 0.6 is 11.6 Å². The fourth-order valence-corrected chi connectivity index (χ4v) is 13.3. The molecule has 48 heavy (non-hydrogen) atoms. The van der Waals surface area contributed by atoms with E-state index in [2.05, 4.69) is 101 Å². The molecule has 5 heterocycles. The first-order valence-corrected chi connectivity index (χ1v) is 19.9. The number of nitrogens with zero attached hydrogens (tertiary/aromatic N) is 5. The summed E-state index contributed by atoms with van der Waals surface area (Å²) in [4.78, 5) is 18.4. The highest BCUT2D eigenvalue weighted by Gasteiger charge is 2.53. The molecule has 254 valence electrons. The average Bonchev–Trinajstić information content (AvgIpc) is 3.53. The van der Waals surface area contributed by atoms with Crippen molar-refractivity contribution in [2.45, 2.75) is 88.8 Å². The molecule has 3 aliphatic rings. The predicted molar refractivity (Wildman–Crippen MR) is 194 cm³/mol. The lowest BCUT2D eigenvalue weighted by Gasteiger charge is -2.44. The van der Waals surface area contributed by atoms with Crippen LogP contribution in [-0.4, -0.2) is 72.6 Å². The van der Waals surface area contributed by atoms with Crippen LogP contribution in [-0.2, 0) is 4.43 Å². The number of fused-ring (bicyclic) bond motifs is 2. The molecular weight excluding hydrogens is 641 g/mol. The molecular formula is C38H47ClFN5O2Si. The van der Waals surface area contributed by atoms with Crippen molar-refractivity contribution >= 4 is 47.0 Å². The Bertz CT molecular complexity index is 1680. The maximum absolute atomic E-state index is 15.3. The largest absolute Gasteiger partial charge is 0.461 e. The Morgan fingerprint density at radius 3 is 2.21 bits per heavy atom. The van der Waals surface area contributed by atoms with Gasteiger partial charge in [0, 0.05) is 25.3 Å². The van der Waals surface area contributed by atoms with Gasteiger partial charge in [-0.15, -0.1) is 0 Å². The lowest BCUT2D eigenvalue weighted by molar-refractivity contribution is 0.0670. The number of ether oxygens (including phenoxy) is 1. The molecule has 0 amide bonds. The van der Waals surface area contributed by atoms with Gasteiger partial charge >= 0.3 is 6.01 Å². The van der Waals surface area contributed by atoms with Crippen LogP contribution in [0.25, 0.3) is 10.9 Å². The zero-order valence-electron chi connectivity index (χ0n) is 28.4. The molecule has 4 aromatic rings. The third-order valence-electron chi connectivity index (χ3n) is 10.9. The predicted octanol–water partition coefficient (Wildman–Crippen LogP) is 7.15. The van der Waals surface area contributed by atoms with Gasteiger partial charge in [-0.25, -0.2) is 9.37 Å². The summed E-state index contributed by atoms with van der Waals surface area (Å²) in [5.74, 6) is 0.0586. The Kier molecular flexibility index (Phi) is 9.50. The van der Waals surface area contributed by atoms with E-state index in [1.165, 1.54) is 23.2 Å². The lowest BCUT2D eigenvalue weighted by atomic mass is 9.95. The first-order valence-electron chi connectivity index (χ1n) is 17.6. The van der Waals surface area contributed by atoms with Gasteiger partial charge in [0.15, 0.2) is 11.0 Å². The zero-order valence-corrected chi connectivity index (χ0v) is 30.2. The third kappa shape index (κ3) is 6.12. The fourth-order valence-electron chi connectivity index (χ4n) is 8.56. The van der Waals surface area contributed by atoms with E-state index < -0.39 is 14.1 Å². The molecule has 0 saturated carbocycles. The van der Waals surface area contributed by atoms with Crippen molar-refractivity contribution in [1.82, 2.24) is 19.9 Å². The van der Waals surface area contributed by atoms with E-state index in [9.17, 15) is 0 Å². The number of hydrogen-bond donors (Lipinski definition) is 0. The Balaban J connectivity index is 1.14. The van der Waals surface area contributed by atoms with Crippen LogP contribution in [0.4, 0.5) is 10.2 Å². The van der Waals surface area contributed by atoms with Crippen molar-refractivity contribution in [1.29, 1.82) is 0 Å². The molecule has 2 aromatic heterocycles. The molecule has 3 saturated heterocycles. The number of hydrogen-bond acceptors (Lipinski definition) is 7. The fraction of sp³-hybridized carbons (Fsp3) is 0.500. The Labute approximate surface area is 290 Å². The molecule has 7 nitrogen and oxygen atoms in total. The highest BCUT2D eigenvalue weighted by molar-refractivity contribution is 6.99. The van der Waals surface area contributed by atoms with Crippen LogP contribution < -0.4 is 20.0 Å². The summed E-state index contributed by atoms with van der Waals surface area (Å²) < 4.78 is 29.2. The molecule has 10 heteroatoms. The highest BCUT2D eigenvalue weighted by Crippen LogP contribution is 2.44. The molecule has 2 aromatic carbocycles. The van der Waals surface area contributed by atoms with Crippen LogP contribution in [0.5, 0.6) is 6.01 Å². The minimum atomic E-state index is -2.65. The number of pyridine rings is 1. The van der Waals surface area contributed by atoms with Gasteiger partial charge in [-0.05, 0) is 60.5 Å². The molecule has 0 spiro atoms. The summed E-state index contributed by atoms with van der Waals surface area (Å²) in [5.41, 5.74) is 0.0395. The number of aromatic nitrogens is 3. The monoisotopic (exact) mass is 687 g/mol. The summed E-state index contributed by atoms with van der Waals surface area (Å²) in [6.07, 6.45) is 10.3. The molecule has 3 fully saturated rings. The van der Waals surface area contributed by atoms with Gasteiger partial charge in [0.1, 0.15) is 17.9 Å². The number of halogens is 2. The lowest BCUT2D eigenvalue weighted by Crippen LogP contribution is -2.67. The Morgan fingerprint density at radius 2 is 1.56 bits per heavy atom. The summed E-state index contributed by atoms with van der Waals surface area (Å²) >= 11 is 6.12. The summed E-state index contributed by atoms with van der Waals surface area (Å²) in [6, 6.07) is 22.2. The van der Waals surface area contributed by atoms with E-state index in [1.807, 2.05) is 0 Å². The molecule has 0 radical (unpaired) electrons. The van der Waals surface area contributed by atoms with E-state index in [1.54, 1.807) is 6.20 Å². The number of anilines is 1. The van der Waals surface area contributed by atoms with Crippen LogP contribution in [0, 0.1) is 5.82 Å². The first-order chi connectivity index (χ1) is 23.2. The Hall–Kier alpha value is -3.11. The van der Waals surface area contributed by atoms with Gasteiger partial charge in [-0.1, -0.05) is 106 Å². The smallest absolute Gasteiger partial charge is 0.319 e. The zero-order chi connectivity index (χ0) is 33.4. The van der Waals surface area contributed by atoms with Crippen LogP contribution in [0.3, 0.4) is 0 Å². The quantitative estimate of drug-likeness (QED) is 0.137. The van der Waals surface area contributed by atoms with Crippen molar-refractivity contribution in [3.8, 4) is 6.01 Å². The topological polar surface area (TPSA) is 63.6 Å². The number of benzene rings is 2. The minimum absolute atomic E-state index is 0.0777. The SMILES string of the molecule is CC(C)(C)[Si](OC[C@H]1CC[C@@]2(COc3nc(N4CCCCCC4)c4cnc(Cl)c(F)c4n3)CCCN12)(c1ccccc1)c1ccccc1. The average molecular weight is 688 g/mol. The van der Waals surface area contributed by atoms with Crippen LogP contribution in [0.15, 0.2) is 66.9 Å². The van der Waals surface area contributed by atoms with Crippen LogP contribution in [0.1, 0.15) is 72.1 Å². The van der Waals surface area contributed by atoms with Gasteiger partial charge in [-0.3, -0.25) is 4.90 Å². The Morgan fingerprint density at radius 1 is 0.896 bits per heavy atom. The van der Waals surface area contributed by atoms with Gasteiger partial charge in [-0.2, -0.15) is 9.97 Å². The second-order valence-electron chi connectivity index (χ2n) is 14.8. The summed E-state index contributed by atoms with van der Waals surface area (Å²) in [6.45, 7) is 10.8. The highest BCUT2D eigenvalue weighted by atomic mass is 35.5. The van der Waals surface area contributed by atoms with Crippen LogP contribution in [0.2, 0.25) is 10.2 Å². The standard InChI is InChI=1S/C38H47ClFN5O2Si/c1-37(2,3)48(29-15-8-6-9-16-29,30-17-10-7-11-18-30)47-26-28-19-21-38(20-14-24-45(28)38)27-46-36-42-33-31(25-41-34(39)32(33)40)35(43-36)44-22-12-4-5-13-23-44/h6-11,15-18,25,28H,4-5,12-14,19-24,26-27H2,1-3H3/t28-,38-/m1/s1. The second kappa shape index (κ2) is 13.7. The van der Waals surface area contributed by atoms with Crippen molar-refractivity contribution in [2.75, 3.05) is 37.7 Å².